The number of benzene rings is 1. The summed E-state index contributed by atoms with van der Waals surface area (Å²) >= 11 is 0. The maximum atomic E-state index is 10.5. The Bertz CT molecular complexity index is 750. The summed E-state index contributed by atoms with van der Waals surface area (Å²) < 4.78 is 63.1. The molecular formula is C22H28F6O4P2Ru. The number of alkyl halides is 6. The molecule has 13 heteroatoms. The van der Waals surface area contributed by atoms with Crippen molar-refractivity contribution < 1.29 is 65.6 Å². The van der Waals surface area contributed by atoms with Gasteiger partial charge in [-0.25, -0.2) is 0 Å². The monoisotopic (exact) mass is 634 g/mol. The molecule has 0 spiro atoms. The van der Waals surface area contributed by atoms with E-state index < -0.39 is 24.3 Å². The number of carboxylic acids is 2. The summed E-state index contributed by atoms with van der Waals surface area (Å²) in [5.41, 5.74) is 3.74. The zero-order chi connectivity index (χ0) is 26.4. The molecule has 0 radical (unpaired) electrons. The van der Waals surface area contributed by atoms with Gasteiger partial charge in [-0.2, -0.15) is 26.3 Å². The quantitative estimate of drug-likeness (QED) is 0.283. The van der Waals surface area contributed by atoms with Crippen LogP contribution >= 0.6 is 15.8 Å². The van der Waals surface area contributed by atoms with E-state index in [2.05, 4.69) is 52.0 Å². The molecule has 2 aliphatic heterocycles. The fourth-order valence-corrected chi connectivity index (χ4v) is 11.5. The number of aliphatic carboxylic acids is 2. The first-order chi connectivity index (χ1) is 15.5. The molecule has 4 atom stereocenters. The number of carbonyl (C=O) groups is 2. The van der Waals surface area contributed by atoms with E-state index in [1.54, 1.807) is 10.6 Å². The third-order valence-corrected chi connectivity index (χ3v) is 12.7. The topological polar surface area (TPSA) is 80.3 Å². The Hall–Kier alpha value is -0.777. The van der Waals surface area contributed by atoms with Crippen LogP contribution in [0.1, 0.15) is 53.4 Å². The van der Waals surface area contributed by atoms with Gasteiger partial charge in [0.25, 0.3) is 0 Å². The van der Waals surface area contributed by atoms with Crippen LogP contribution in [0.4, 0.5) is 26.3 Å². The Morgan fingerprint density at radius 3 is 1.06 bits per heavy atom. The first-order valence-corrected chi connectivity index (χ1v) is 13.7. The van der Waals surface area contributed by atoms with E-state index in [1.807, 2.05) is 0 Å². The molecule has 0 bridgehead atoms. The van der Waals surface area contributed by atoms with Crippen LogP contribution in [0.15, 0.2) is 24.3 Å². The van der Waals surface area contributed by atoms with E-state index >= 15 is 0 Å². The molecular weight excluding hydrogens is 605 g/mol. The molecule has 0 aliphatic carbocycles. The maximum Gasteiger partial charge on any atom is 2.00 e. The SMILES string of the molecule is C[C@@H]1CC[C@@H](C)P1c1ccccc1P1[C@H](C)CC[C@H]1C.O=C([O-])C(F)(F)F.O=C([O-])C(F)(F)F.[Ru+2]. The second kappa shape index (κ2) is 14.2. The van der Waals surface area contributed by atoms with Crippen LogP contribution in [-0.2, 0) is 29.1 Å². The van der Waals surface area contributed by atoms with Crippen molar-refractivity contribution in [3.05, 3.63) is 24.3 Å². The van der Waals surface area contributed by atoms with Crippen LogP contribution in [0, 0.1) is 0 Å². The van der Waals surface area contributed by atoms with E-state index in [1.165, 1.54) is 25.7 Å². The van der Waals surface area contributed by atoms with Crippen LogP contribution in [0.3, 0.4) is 0 Å². The van der Waals surface area contributed by atoms with Crippen molar-refractivity contribution in [2.75, 3.05) is 0 Å². The van der Waals surface area contributed by atoms with Crippen molar-refractivity contribution in [2.24, 2.45) is 0 Å². The molecule has 2 aliphatic rings. The molecule has 0 unspecified atom stereocenters. The molecule has 0 amide bonds. The minimum atomic E-state index is -5.19. The molecule has 35 heavy (non-hydrogen) atoms. The van der Waals surface area contributed by atoms with Crippen LogP contribution in [0.25, 0.3) is 0 Å². The number of carboxylic acid groups (broad SMARTS) is 2. The summed E-state index contributed by atoms with van der Waals surface area (Å²) in [6, 6.07) is 9.55. The van der Waals surface area contributed by atoms with Gasteiger partial charge in [0.15, 0.2) is 0 Å². The summed E-state index contributed by atoms with van der Waals surface area (Å²) in [5, 5.41) is 21.1. The number of carbonyl (C=O) groups excluding carboxylic acids is 2. The second-order valence-corrected chi connectivity index (χ2v) is 14.5. The smallest absolute Gasteiger partial charge is 0.542 e. The third-order valence-electron chi connectivity index (χ3n) is 5.80. The van der Waals surface area contributed by atoms with Gasteiger partial charge in [-0.1, -0.05) is 67.8 Å². The predicted octanol–water partition coefficient (Wildman–Crippen LogP) is 3.64. The zero-order valence-corrected chi connectivity index (χ0v) is 23.1. The molecule has 200 valence electrons. The van der Waals surface area contributed by atoms with E-state index in [4.69, 9.17) is 19.8 Å². The van der Waals surface area contributed by atoms with E-state index in [0.717, 1.165) is 22.6 Å². The summed E-state index contributed by atoms with van der Waals surface area (Å²) in [5.74, 6) is -6.01. The molecule has 0 aromatic heterocycles. The van der Waals surface area contributed by atoms with E-state index in [9.17, 15) is 26.3 Å². The molecule has 4 nitrogen and oxygen atoms in total. The van der Waals surface area contributed by atoms with Gasteiger partial charge in [0.1, 0.15) is 11.9 Å². The number of hydrogen-bond donors (Lipinski definition) is 0. The average Bonchev–Trinajstić information content (AvgIpc) is 3.22. The Balaban J connectivity index is 0.000000644. The van der Waals surface area contributed by atoms with Gasteiger partial charge in [-0.15, -0.1) is 0 Å². The Kier molecular flexibility index (Phi) is 13.9. The van der Waals surface area contributed by atoms with Gasteiger partial charge in [-0.3, -0.25) is 0 Å². The molecule has 3 rings (SSSR count). The van der Waals surface area contributed by atoms with Gasteiger partial charge in [0, 0.05) is 0 Å². The van der Waals surface area contributed by atoms with Crippen molar-refractivity contribution in [3.8, 4) is 0 Å². The fraction of sp³-hybridized carbons (Fsp3) is 0.636. The Morgan fingerprint density at radius 1 is 0.686 bits per heavy atom. The van der Waals surface area contributed by atoms with Crippen LogP contribution in [0.2, 0.25) is 0 Å². The molecule has 2 fully saturated rings. The zero-order valence-electron chi connectivity index (χ0n) is 19.6. The van der Waals surface area contributed by atoms with Crippen LogP contribution in [0.5, 0.6) is 0 Å². The standard InChI is InChI=1S/C18H28P2.2C2HF3O2.Ru/c1-13-9-10-14(2)19(13)17-7-5-6-8-18(17)20-15(3)11-12-16(20)4;2*3-2(4,5)1(6)7;/h5-8,13-16H,9-12H2,1-4H3;2*(H,6,7);/q;;;+2/p-2/t13-,14-,15-,16-;;;/m1.../s1. The Morgan fingerprint density at radius 2 is 0.886 bits per heavy atom. The van der Waals surface area contributed by atoms with Gasteiger partial charge in [0.2, 0.25) is 0 Å². The molecule has 0 N–H and O–H groups in total. The molecule has 1 aromatic rings. The second-order valence-electron chi connectivity index (χ2n) is 8.42. The first-order valence-electron chi connectivity index (χ1n) is 10.7. The van der Waals surface area contributed by atoms with Gasteiger partial charge in [0.05, 0.1) is 0 Å². The first kappa shape index (κ1) is 34.2. The summed E-state index contributed by atoms with van der Waals surface area (Å²) in [4.78, 5) is 17.6. The number of rotatable bonds is 2. The van der Waals surface area contributed by atoms with Crippen molar-refractivity contribution in [1.29, 1.82) is 0 Å². The van der Waals surface area contributed by atoms with Crippen LogP contribution < -0.4 is 20.8 Å². The van der Waals surface area contributed by atoms with Gasteiger partial charge < -0.3 is 19.8 Å². The van der Waals surface area contributed by atoms with Crippen molar-refractivity contribution >= 4 is 38.4 Å². The summed E-state index contributed by atoms with van der Waals surface area (Å²) in [6.07, 6.45) is -4.59. The Labute approximate surface area is 216 Å². The molecule has 2 saturated heterocycles. The third kappa shape index (κ3) is 10.2. The largest absolute Gasteiger partial charge is 2.00 e. The molecule has 1 aromatic carbocycles. The molecule has 2 heterocycles. The van der Waals surface area contributed by atoms with E-state index in [-0.39, 0.29) is 35.3 Å². The number of halogens is 6. The fourth-order valence-electron chi connectivity index (χ4n) is 4.24. The van der Waals surface area contributed by atoms with Crippen molar-refractivity contribution in [1.82, 2.24) is 0 Å². The number of hydrogen-bond acceptors (Lipinski definition) is 4. The average molecular weight is 633 g/mol. The minimum Gasteiger partial charge on any atom is -0.542 e. The summed E-state index contributed by atoms with van der Waals surface area (Å²) in [6.45, 7) is 10.0. The van der Waals surface area contributed by atoms with Crippen molar-refractivity contribution in [3.63, 3.8) is 0 Å². The molecule has 0 saturated carbocycles. The normalized spacial score (nSPS) is 25.0. The minimum absolute atomic E-state index is 0. The maximum absolute atomic E-state index is 10.5. The van der Waals surface area contributed by atoms with E-state index in [0.29, 0.717) is 0 Å². The van der Waals surface area contributed by atoms with Gasteiger partial charge in [-0.05, 0) is 58.9 Å². The van der Waals surface area contributed by atoms with Crippen molar-refractivity contribution in [2.45, 2.75) is 88.4 Å². The van der Waals surface area contributed by atoms with Crippen LogP contribution in [-0.4, -0.2) is 46.9 Å². The van der Waals surface area contributed by atoms with Gasteiger partial charge >= 0.3 is 31.8 Å². The predicted molar refractivity (Wildman–Crippen MR) is 118 cm³/mol. The summed E-state index contributed by atoms with van der Waals surface area (Å²) in [7, 11) is 0.157.